The van der Waals surface area contributed by atoms with E-state index in [9.17, 15) is 14.0 Å². The molecule has 0 bridgehead atoms. The minimum atomic E-state index is -1.75. The highest BCUT2D eigenvalue weighted by Gasteiger charge is 2.48. The van der Waals surface area contributed by atoms with E-state index in [-0.39, 0.29) is 18.8 Å². The number of nitrogens with zero attached hydrogens (tertiary/aromatic N) is 5. The van der Waals surface area contributed by atoms with Crippen molar-refractivity contribution in [3.8, 4) is 0 Å². The topological polar surface area (TPSA) is 145 Å². The van der Waals surface area contributed by atoms with Crippen LogP contribution in [0.1, 0.15) is 26.0 Å². The van der Waals surface area contributed by atoms with Gasteiger partial charge in [-0.15, -0.1) is 0 Å². The van der Waals surface area contributed by atoms with Gasteiger partial charge in [0.2, 0.25) is 0 Å². The molecule has 1 fully saturated rings. The Hall–Kier alpha value is -2.65. The smallest absolute Gasteiger partial charge is 0.351 e. The Labute approximate surface area is 136 Å². The Bertz CT molecular complexity index is 704. The van der Waals surface area contributed by atoms with E-state index < -0.39 is 36.3 Å². The summed E-state index contributed by atoms with van der Waals surface area (Å²) < 4.78 is 26.3. The average molecular weight is 340 g/mol. The lowest BCUT2D eigenvalue weighted by atomic mass is 10.1. The number of hydrogen-bond acceptors (Lipinski definition) is 7. The van der Waals surface area contributed by atoms with Crippen LogP contribution in [0.15, 0.2) is 22.2 Å². The number of nitrogens with two attached hydrogens (primary N) is 1. The van der Waals surface area contributed by atoms with Gasteiger partial charge in [-0.3, -0.25) is 9.36 Å². The summed E-state index contributed by atoms with van der Waals surface area (Å²) in [6.07, 6.45) is -3.39. The Balaban J connectivity index is 2.13. The molecule has 10 nitrogen and oxygen atoms in total. The van der Waals surface area contributed by atoms with Crippen LogP contribution in [-0.4, -0.2) is 40.4 Å². The van der Waals surface area contributed by atoms with Gasteiger partial charge in [-0.25, -0.2) is 9.18 Å². The third-order valence-electron chi connectivity index (χ3n) is 3.54. The van der Waals surface area contributed by atoms with E-state index in [1.165, 1.54) is 12.3 Å². The van der Waals surface area contributed by atoms with Gasteiger partial charge >= 0.3 is 11.7 Å². The first-order chi connectivity index (χ1) is 11.5. The number of azide groups is 1. The van der Waals surface area contributed by atoms with Crippen molar-refractivity contribution in [1.82, 2.24) is 9.55 Å². The minimum Gasteiger partial charge on any atom is -0.456 e. The zero-order chi connectivity index (χ0) is 17.7. The third-order valence-corrected chi connectivity index (χ3v) is 3.54. The van der Waals surface area contributed by atoms with Crippen molar-refractivity contribution in [2.24, 2.45) is 5.11 Å². The molecule has 1 aliphatic rings. The van der Waals surface area contributed by atoms with Crippen LogP contribution in [0, 0.1) is 0 Å². The van der Waals surface area contributed by atoms with Crippen LogP contribution < -0.4 is 11.4 Å². The van der Waals surface area contributed by atoms with Gasteiger partial charge in [-0.1, -0.05) is 12.0 Å². The Kier molecular flexibility index (Phi) is 5.72. The number of carbonyl (C=O) groups is 1. The molecule has 0 radical (unpaired) electrons. The van der Waals surface area contributed by atoms with Crippen LogP contribution in [0.4, 0.5) is 10.2 Å². The van der Waals surface area contributed by atoms with E-state index in [4.69, 9.17) is 20.7 Å². The molecule has 11 heteroatoms. The molecule has 2 rings (SSSR count). The van der Waals surface area contributed by atoms with Gasteiger partial charge in [0.25, 0.3) is 0 Å². The van der Waals surface area contributed by atoms with Crippen LogP contribution >= 0.6 is 0 Å². The van der Waals surface area contributed by atoms with Gasteiger partial charge in [0, 0.05) is 17.7 Å². The van der Waals surface area contributed by atoms with Crippen molar-refractivity contribution in [3.63, 3.8) is 0 Å². The number of anilines is 1. The molecule has 1 saturated heterocycles. The van der Waals surface area contributed by atoms with Crippen molar-refractivity contribution in [2.75, 3.05) is 12.3 Å². The standard InChI is InChI=1S/C13H17FN6O4/c1-2-7-11(24-9(21)3-5-17-19-16)10(14)12(23-7)20-6-4-8(15)18-13(20)22/h4,6-7,10-12H,2-3,5H2,1H3,(H2,15,18,22)/t7-,10+,11?,12-/m1/s1. The van der Waals surface area contributed by atoms with E-state index >= 15 is 0 Å². The van der Waals surface area contributed by atoms with Crippen LogP contribution in [-0.2, 0) is 14.3 Å². The fourth-order valence-electron chi connectivity index (χ4n) is 2.40. The molecule has 1 unspecified atom stereocenters. The van der Waals surface area contributed by atoms with E-state index in [2.05, 4.69) is 15.0 Å². The fourth-order valence-corrected chi connectivity index (χ4v) is 2.40. The van der Waals surface area contributed by atoms with E-state index in [1.807, 2.05) is 0 Å². The Morgan fingerprint density at radius 1 is 1.67 bits per heavy atom. The molecule has 0 saturated carbocycles. The summed E-state index contributed by atoms with van der Waals surface area (Å²) in [7, 11) is 0. The molecule has 130 valence electrons. The van der Waals surface area contributed by atoms with Crippen molar-refractivity contribution in [2.45, 2.75) is 44.4 Å². The summed E-state index contributed by atoms with van der Waals surface area (Å²) in [6.45, 7) is 1.66. The summed E-state index contributed by atoms with van der Waals surface area (Å²) in [5, 5.41) is 3.22. The van der Waals surface area contributed by atoms with Gasteiger partial charge in [-0.05, 0) is 18.0 Å². The van der Waals surface area contributed by atoms with Gasteiger partial charge < -0.3 is 15.2 Å². The average Bonchev–Trinajstić information content (AvgIpc) is 2.84. The number of carbonyl (C=O) groups excluding carboxylic acids is 1. The van der Waals surface area contributed by atoms with E-state index in [0.717, 1.165) is 4.57 Å². The second-order valence-electron chi connectivity index (χ2n) is 5.12. The lowest BCUT2D eigenvalue weighted by Gasteiger charge is -2.18. The molecule has 0 aliphatic carbocycles. The molecule has 1 aromatic rings. The summed E-state index contributed by atoms with van der Waals surface area (Å²) in [6, 6.07) is 1.34. The quantitative estimate of drug-likeness (QED) is 0.355. The number of ether oxygens (including phenoxy) is 2. The number of halogens is 1. The summed E-state index contributed by atoms with van der Waals surface area (Å²) in [4.78, 5) is 29.6. The summed E-state index contributed by atoms with van der Waals surface area (Å²) in [5.41, 5.74) is 12.8. The first-order valence-electron chi connectivity index (χ1n) is 7.32. The van der Waals surface area contributed by atoms with E-state index in [1.54, 1.807) is 6.92 Å². The second-order valence-corrected chi connectivity index (χ2v) is 5.12. The highest BCUT2D eigenvalue weighted by molar-refractivity contribution is 5.70. The monoisotopic (exact) mass is 340 g/mol. The third kappa shape index (κ3) is 3.81. The zero-order valence-corrected chi connectivity index (χ0v) is 12.9. The fraction of sp³-hybridized carbons (Fsp3) is 0.615. The van der Waals surface area contributed by atoms with Crippen LogP contribution in [0.2, 0.25) is 0 Å². The molecule has 0 spiro atoms. The highest BCUT2D eigenvalue weighted by Crippen LogP contribution is 2.34. The van der Waals surface area contributed by atoms with Crippen molar-refractivity contribution < 1.29 is 18.7 Å². The predicted molar refractivity (Wildman–Crippen MR) is 80.5 cm³/mol. The van der Waals surface area contributed by atoms with Gasteiger partial charge in [-0.2, -0.15) is 4.98 Å². The normalized spacial score (nSPS) is 25.9. The zero-order valence-electron chi connectivity index (χ0n) is 12.9. The maximum absolute atomic E-state index is 14.7. The van der Waals surface area contributed by atoms with Gasteiger partial charge in [0.1, 0.15) is 11.9 Å². The number of alkyl halides is 1. The van der Waals surface area contributed by atoms with Crippen LogP contribution in [0.5, 0.6) is 0 Å². The predicted octanol–water partition coefficient (Wildman–Crippen LogP) is 1.08. The van der Waals surface area contributed by atoms with Gasteiger partial charge in [0.15, 0.2) is 18.5 Å². The summed E-state index contributed by atoms with van der Waals surface area (Å²) >= 11 is 0. The number of esters is 1. The molecule has 2 heterocycles. The molecule has 24 heavy (non-hydrogen) atoms. The summed E-state index contributed by atoms with van der Waals surface area (Å²) in [5.74, 6) is -0.696. The molecule has 0 aromatic carbocycles. The second kappa shape index (κ2) is 7.75. The van der Waals surface area contributed by atoms with Crippen molar-refractivity contribution in [3.05, 3.63) is 33.2 Å². The molecule has 2 N–H and O–H groups in total. The Morgan fingerprint density at radius 3 is 3.04 bits per heavy atom. The highest BCUT2D eigenvalue weighted by atomic mass is 19.1. The minimum absolute atomic E-state index is 0.0118. The molecule has 0 amide bonds. The number of rotatable bonds is 6. The first-order valence-corrected chi connectivity index (χ1v) is 7.32. The lowest BCUT2D eigenvalue weighted by Crippen LogP contribution is -2.36. The molecule has 1 aliphatic heterocycles. The number of nitrogen functional groups attached to an aromatic ring is 1. The SMILES string of the molecule is CC[C@H]1O[C@@H](n2ccc(N)nc2=O)[C@@H](F)C1OC(=O)CCN=[N+]=[N-]. The number of hydrogen-bond donors (Lipinski definition) is 1. The molecule has 4 atom stereocenters. The van der Waals surface area contributed by atoms with E-state index in [0.29, 0.717) is 6.42 Å². The number of aromatic nitrogens is 2. The molecular weight excluding hydrogens is 323 g/mol. The first kappa shape index (κ1) is 17.7. The molecular formula is C13H17FN6O4. The maximum Gasteiger partial charge on any atom is 0.351 e. The Morgan fingerprint density at radius 2 is 2.42 bits per heavy atom. The lowest BCUT2D eigenvalue weighted by molar-refractivity contribution is -0.153. The van der Waals surface area contributed by atoms with Crippen molar-refractivity contribution >= 4 is 11.8 Å². The van der Waals surface area contributed by atoms with Crippen molar-refractivity contribution in [1.29, 1.82) is 0 Å². The molecule has 1 aromatic heterocycles. The van der Waals surface area contributed by atoms with Gasteiger partial charge in [0.05, 0.1) is 6.42 Å². The van der Waals surface area contributed by atoms with Crippen LogP contribution in [0.25, 0.3) is 10.4 Å². The maximum atomic E-state index is 14.7. The van der Waals surface area contributed by atoms with Crippen LogP contribution in [0.3, 0.4) is 0 Å². The largest absolute Gasteiger partial charge is 0.456 e.